The van der Waals surface area contributed by atoms with Crippen LogP contribution >= 0.6 is 0 Å². The van der Waals surface area contributed by atoms with E-state index in [0.717, 1.165) is 5.56 Å². The number of hydrogen-bond donors (Lipinski definition) is 2. The van der Waals surface area contributed by atoms with Gasteiger partial charge in [-0.25, -0.2) is 13.2 Å². The summed E-state index contributed by atoms with van der Waals surface area (Å²) in [7, 11) is -3.39. The minimum absolute atomic E-state index is 0.0174. The molecule has 0 saturated heterocycles. The first kappa shape index (κ1) is 17.7. The van der Waals surface area contributed by atoms with E-state index >= 15 is 0 Å². The third kappa shape index (κ3) is 3.67. The van der Waals surface area contributed by atoms with Crippen LogP contribution in [0.3, 0.4) is 0 Å². The molecule has 1 aromatic carbocycles. The molecule has 1 aliphatic rings. The third-order valence-electron chi connectivity index (χ3n) is 3.95. The van der Waals surface area contributed by atoms with Crippen molar-refractivity contribution in [3.8, 4) is 0 Å². The van der Waals surface area contributed by atoms with Crippen molar-refractivity contribution in [1.82, 2.24) is 5.32 Å². The average Bonchev–Trinajstić information content (AvgIpc) is 3.06. The lowest BCUT2D eigenvalue weighted by molar-refractivity contribution is 0.0497. The number of sulfone groups is 1. The van der Waals surface area contributed by atoms with Gasteiger partial charge in [0.2, 0.25) is 0 Å². The summed E-state index contributed by atoms with van der Waals surface area (Å²) < 4.78 is 29.6. The lowest BCUT2D eigenvalue weighted by atomic mass is 10.1. The first-order valence-electron chi connectivity index (χ1n) is 7.46. The number of alkyl carbamates (subject to hydrolysis) is 1. The fourth-order valence-electron chi connectivity index (χ4n) is 3.10. The monoisotopic (exact) mass is 340 g/mol. The third-order valence-corrected chi connectivity index (χ3v) is 5.56. The van der Waals surface area contributed by atoms with Gasteiger partial charge in [-0.15, -0.1) is 0 Å². The number of nitrogens with one attached hydrogen (secondary N) is 1. The van der Waals surface area contributed by atoms with Crippen LogP contribution in [-0.4, -0.2) is 43.7 Å². The lowest BCUT2D eigenvalue weighted by Crippen LogP contribution is -2.48. The van der Waals surface area contributed by atoms with Crippen LogP contribution in [0.15, 0.2) is 30.3 Å². The molecule has 0 aliphatic heterocycles. The van der Waals surface area contributed by atoms with E-state index in [0.29, 0.717) is 0 Å². The van der Waals surface area contributed by atoms with Crippen LogP contribution < -0.4 is 11.1 Å². The molecule has 0 bridgehead atoms. The van der Waals surface area contributed by atoms with Gasteiger partial charge in [0.1, 0.15) is 5.60 Å². The number of carbonyl (C=O) groups is 1. The largest absolute Gasteiger partial charge is 0.444 e. The summed E-state index contributed by atoms with van der Waals surface area (Å²) in [5.74, 6) is -0.379. The second kappa shape index (κ2) is 5.79. The minimum atomic E-state index is -3.39. The maximum atomic E-state index is 12.2. The second-order valence-electron chi connectivity index (χ2n) is 7.01. The smallest absolute Gasteiger partial charge is 0.408 e. The van der Waals surface area contributed by atoms with Gasteiger partial charge in [0, 0.05) is 18.7 Å². The fourth-order valence-corrected chi connectivity index (χ4v) is 4.98. The van der Waals surface area contributed by atoms with Crippen LogP contribution in [0.4, 0.5) is 4.79 Å². The number of benzene rings is 1. The van der Waals surface area contributed by atoms with E-state index in [1.54, 1.807) is 20.8 Å². The van der Waals surface area contributed by atoms with Gasteiger partial charge in [-0.05, 0) is 26.3 Å². The van der Waals surface area contributed by atoms with E-state index in [2.05, 4.69) is 5.32 Å². The quantitative estimate of drug-likeness (QED) is 0.864. The number of amides is 1. The summed E-state index contributed by atoms with van der Waals surface area (Å²) in [5, 5.41) is 1.96. The topological polar surface area (TPSA) is 98.5 Å². The van der Waals surface area contributed by atoms with Crippen LogP contribution in [0.2, 0.25) is 0 Å². The van der Waals surface area contributed by atoms with Crippen molar-refractivity contribution in [2.45, 2.75) is 43.1 Å². The molecule has 3 N–H and O–H groups in total. The molecular weight excluding hydrogens is 316 g/mol. The molecule has 23 heavy (non-hydrogen) atoms. The molecule has 0 radical (unpaired) electrons. The highest BCUT2D eigenvalue weighted by molar-refractivity contribution is 7.91. The molecule has 1 fully saturated rings. The predicted molar refractivity (Wildman–Crippen MR) is 89.0 cm³/mol. The molecule has 1 amide bonds. The van der Waals surface area contributed by atoms with E-state index in [9.17, 15) is 13.2 Å². The minimum Gasteiger partial charge on any atom is -0.444 e. The van der Waals surface area contributed by atoms with Crippen molar-refractivity contribution in [2.75, 3.05) is 12.8 Å². The van der Waals surface area contributed by atoms with Crippen molar-refractivity contribution in [3.63, 3.8) is 0 Å². The SMILES string of the molecule is CC(C)(C)OC(=O)N[C@]1(CN)[C@H](c2ccccc2)[C@H]1S(C)(=O)=O. The van der Waals surface area contributed by atoms with Crippen LogP contribution in [0.1, 0.15) is 32.3 Å². The molecule has 2 rings (SSSR count). The van der Waals surface area contributed by atoms with E-state index in [1.165, 1.54) is 6.26 Å². The van der Waals surface area contributed by atoms with Gasteiger partial charge in [0.05, 0.1) is 10.8 Å². The maximum Gasteiger partial charge on any atom is 0.408 e. The lowest BCUT2D eigenvalue weighted by Gasteiger charge is -2.24. The highest BCUT2D eigenvalue weighted by Crippen LogP contribution is 2.55. The Balaban J connectivity index is 2.33. The number of rotatable bonds is 4. The summed E-state index contributed by atoms with van der Waals surface area (Å²) in [4.78, 5) is 12.1. The van der Waals surface area contributed by atoms with E-state index in [1.807, 2.05) is 30.3 Å². The second-order valence-corrected chi connectivity index (χ2v) is 9.18. The highest BCUT2D eigenvalue weighted by Gasteiger charge is 2.70. The number of carbonyl (C=O) groups excluding carboxylic acids is 1. The van der Waals surface area contributed by atoms with Crippen molar-refractivity contribution in [1.29, 1.82) is 0 Å². The molecule has 0 heterocycles. The molecule has 3 atom stereocenters. The van der Waals surface area contributed by atoms with Crippen LogP contribution in [0.25, 0.3) is 0 Å². The molecule has 0 aromatic heterocycles. The summed E-state index contributed by atoms with van der Waals surface area (Å²) in [6.45, 7) is 5.26. The van der Waals surface area contributed by atoms with Gasteiger partial charge in [-0.3, -0.25) is 0 Å². The zero-order valence-corrected chi connectivity index (χ0v) is 14.7. The molecule has 1 aromatic rings. The van der Waals surface area contributed by atoms with Gasteiger partial charge in [-0.2, -0.15) is 0 Å². The van der Waals surface area contributed by atoms with Gasteiger partial charge in [0.15, 0.2) is 9.84 Å². The molecule has 0 spiro atoms. The predicted octanol–water partition coefficient (Wildman–Crippen LogP) is 1.42. The summed E-state index contributed by atoms with van der Waals surface area (Å²) in [5.41, 5.74) is 5.00. The van der Waals surface area contributed by atoms with E-state index < -0.39 is 32.3 Å². The number of ether oxygens (including phenoxy) is 1. The zero-order chi connectivity index (χ0) is 17.5. The van der Waals surface area contributed by atoms with E-state index in [4.69, 9.17) is 10.5 Å². The zero-order valence-electron chi connectivity index (χ0n) is 13.9. The van der Waals surface area contributed by atoms with Gasteiger partial charge >= 0.3 is 6.09 Å². The van der Waals surface area contributed by atoms with Crippen LogP contribution in [-0.2, 0) is 14.6 Å². The Labute approximate surface area is 137 Å². The Morgan fingerprint density at radius 3 is 2.30 bits per heavy atom. The number of hydrogen-bond acceptors (Lipinski definition) is 5. The Morgan fingerprint density at radius 2 is 1.87 bits per heavy atom. The Morgan fingerprint density at radius 1 is 1.30 bits per heavy atom. The highest BCUT2D eigenvalue weighted by atomic mass is 32.2. The fraction of sp³-hybridized carbons (Fsp3) is 0.562. The van der Waals surface area contributed by atoms with Crippen molar-refractivity contribution >= 4 is 15.9 Å². The van der Waals surface area contributed by atoms with Crippen molar-refractivity contribution < 1.29 is 17.9 Å². The summed E-state index contributed by atoms with van der Waals surface area (Å²) in [6, 6.07) is 9.21. The van der Waals surface area contributed by atoms with Gasteiger partial charge < -0.3 is 15.8 Å². The van der Waals surface area contributed by atoms with Gasteiger partial charge in [0.25, 0.3) is 0 Å². The average molecular weight is 340 g/mol. The Kier molecular flexibility index (Phi) is 4.47. The molecule has 0 unspecified atom stereocenters. The van der Waals surface area contributed by atoms with Crippen LogP contribution in [0, 0.1) is 0 Å². The molecule has 7 heteroatoms. The first-order chi connectivity index (χ1) is 10.5. The summed E-state index contributed by atoms with van der Waals surface area (Å²) in [6.07, 6.45) is 0.511. The summed E-state index contributed by atoms with van der Waals surface area (Å²) >= 11 is 0. The normalized spacial score (nSPS) is 27.3. The Hall–Kier alpha value is -1.60. The molecule has 1 aliphatic carbocycles. The van der Waals surface area contributed by atoms with Crippen molar-refractivity contribution in [2.24, 2.45) is 5.73 Å². The first-order valence-corrected chi connectivity index (χ1v) is 9.42. The molecule has 6 nitrogen and oxygen atoms in total. The van der Waals surface area contributed by atoms with Crippen LogP contribution in [0.5, 0.6) is 0 Å². The maximum absolute atomic E-state index is 12.2. The Bertz CT molecular complexity index is 682. The molecule has 1 saturated carbocycles. The standard InChI is InChI=1S/C16H24N2O4S/c1-15(2,3)22-14(19)18-16(10-17)12(13(16)23(4,20)21)11-8-6-5-7-9-11/h5-9,12-13H,10,17H2,1-4H3,(H,18,19)/t12-,13-,16-/m1/s1. The van der Waals surface area contributed by atoms with E-state index in [-0.39, 0.29) is 12.5 Å². The molecule has 128 valence electrons. The van der Waals surface area contributed by atoms with Crippen molar-refractivity contribution in [3.05, 3.63) is 35.9 Å². The van der Waals surface area contributed by atoms with Gasteiger partial charge in [-0.1, -0.05) is 30.3 Å². The number of nitrogens with two attached hydrogens (primary N) is 1. The molecular formula is C16H24N2O4S.